The largest absolute Gasteiger partial charge is 0.489 e. The van der Waals surface area contributed by atoms with Crippen LogP contribution in [0.2, 0.25) is 0 Å². The van der Waals surface area contributed by atoms with Crippen LogP contribution in [0.5, 0.6) is 5.75 Å². The Kier molecular flexibility index (Phi) is 6.13. The highest BCUT2D eigenvalue weighted by molar-refractivity contribution is 7.18. The van der Waals surface area contributed by atoms with Gasteiger partial charge in [0.25, 0.3) is 5.56 Å². The van der Waals surface area contributed by atoms with Crippen molar-refractivity contribution in [3.8, 4) is 5.75 Å². The molecule has 1 aliphatic rings. The predicted molar refractivity (Wildman–Crippen MR) is 115 cm³/mol. The Morgan fingerprint density at radius 2 is 2.07 bits per heavy atom. The zero-order chi connectivity index (χ0) is 21.1. The molecule has 0 radical (unpaired) electrons. The number of para-hydroxylation sites is 1. The maximum atomic E-state index is 13.6. The number of ether oxygens (including phenoxy) is 1. The minimum Gasteiger partial charge on any atom is -0.489 e. The number of fused-ring (bicyclic) bond motifs is 3. The molecular weight excluding hydrogens is 405 g/mol. The lowest BCUT2D eigenvalue weighted by Crippen LogP contribution is -2.36. The quantitative estimate of drug-likeness (QED) is 0.564. The summed E-state index contributed by atoms with van der Waals surface area (Å²) in [5.41, 5.74) is 0.974. The number of carbonyl (C=O) groups excluding carboxylic acids is 1. The van der Waals surface area contributed by atoms with Crippen molar-refractivity contribution in [2.75, 3.05) is 20.2 Å². The molecule has 6 nitrogen and oxygen atoms in total. The molecule has 4 rings (SSSR count). The maximum Gasteiger partial charge on any atom is 0.262 e. The molecule has 0 unspecified atom stereocenters. The highest BCUT2D eigenvalue weighted by atomic mass is 32.1. The summed E-state index contributed by atoms with van der Waals surface area (Å²) in [5, 5.41) is 0.678. The first-order valence-corrected chi connectivity index (χ1v) is 11.0. The molecule has 30 heavy (non-hydrogen) atoms. The standard InChI is InChI=1S/C22H24FN3O3S/c1-25(11-12-29-17-9-6-5-8-16(17)23)19(27)13-26-14-24-21-20(22(26)28)15-7-3-2-4-10-18(15)30-21/h5-6,8-9,14H,2-4,7,10-13H2,1H3. The van der Waals surface area contributed by atoms with Crippen LogP contribution in [-0.2, 0) is 24.2 Å². The Morgan fingerprint density at radius 1 is 1.27 bits per heavy atom. The highest BCUT2D eigenvalue weighted by Gasteiger charge is 2.20. The average Bonchev–Trinajstić information content (AvgIpc) is 2.93. The van der Waals surface area contributed by atoms with Crippen LogP contribution in [0.15, 0.2) is 35.4 Å². The van der Waals surface area contributed by atoms with Crippen LogP contribution in [-0.4, -0.2) is 40.6 Å². The molecule has 0 saturated carbocycles. The molecule has 8 heteroatoms. The van der Waals surface area contributed by atoms with Crippen LogP contribution in [0, 0.1) is 5.82 Å². The van der Waals surface area contributed by atoms with E-state index in [1.54, 1.807) is 36.6 Å². The van der Waals surface area contributed by atoms with E-state index in [9.17, 15) is 14.0 Å². The van der Waals surface area contributed by atoms with E-state index in [-0.39, 0.29) is 36.9 Å². The molecule has 3 aromatic rings. The second kappa shape index (κ2) is 8.95. The van der Waals surface area contributed by atoms with Gasteiger partial charge in [-0.2, -0.15) is 0 Å². The summed E-state index contributed by atoms with van der Waals surface area (Å²) >= 11 is 1.60. The molecule has 1 aliphatic carbocycles. The monoisotopic (exact) mass is 429 g/mol. The second-order valence-corrected chi connectivity index (χ2v) is 8.60. The van der Waals surface area contributed by atoms with Crippen LogP contribution >= 0.6 is 11.3 Å². The first kappa shape index (κ1) is 20.5. The van der Waals surface area contributed by atoms with Gasteiger partial charge in [0.2, 0.25) is 5.91 Å². The summed E-state index contributed by atoms with van der Waals surface area (Å²) in [6.45, 7) is 0.363. The van der Waals surface area contributed by atoms with Gasteiger partial charge in [-0.25, -0.2) is 9.37 Å². The third-order valence-corrected chi connectivity index (χ3v) is 6.64. The van der Waals surface area contributed by atoms with Crippen molar-refractivity contribution in [3.63, 3.8) is 0 Å². The van der Waals surface area contributed by atoms with Gasteiger partial charge in [-0.3, -0.25) is 14.2 Å². The molecule has 2 aromatic heterocycles. The lowest BCUT2D eigenvalue weighted by atomic mass is 10.1. The molecule has 0 spiro atoms. The Balaban J connectivity index is 1.43. The lowest BCUT2D eigenvalue weighted by Gasteiger charge is -2.18. The van der Waals surface area contributed by atoms with Crippen LogP contribution in [0.3, 0.4) is 0 Å². The van der Waals surface area contributed by atoms with Gasteiger partial charge < -0.3 is 9.64 Å². The molecule has 158 valence electrons. The third-order valence-electron chi connectivity index (χ3n) is 5.44. The molecule has 0 saturated heterocycles. The highest BCUT2D eigenvalue weighted by Crippen LogP contribution is 2.32. The summed E-state index contributed by atoms with van der Waals surface area (Å²) in [5.74, 6) is -0.508. The fourth-order valence-electron chi connectivity index (χ4n) is 3.72. The average molecular weight is 430 g/mol. The van der Waals surface area contributed by atoms with E-state index >= 15 is 0 Å². The number of hydrogen-bond donors (Lipinski definition) is 0. The Bertz CT molecular complexity index is 1120. The number of halogens is 1. The minimum atomic E-state index is -0.438. The first-order valence-electron chi connectivity index (χ1n) is 10.2. The normalized spacial score (nSPS) is 13.7. The zero-order valence-electron chi connectivity index (χ0n) is 16.9. The van der Waals surface area contributed by atoms with Gasteiger partial charge in [0, 0.05) is 11.9 Å². The van der Waals surface area contributed by atoms with Crippen molar-refractivity contribution in [2.45, 2.75) is 38.6 Å². The summed E-state index contributed by atoms with van der Waals surface area (Å²) in [6, 6.07) is 6.15. The van der Waals surface area contributed by atoms with Gasteiger partial charge in [0.05, 0.1) is 18.3 Å². The van der Waals surface area contributed by atoms with Gasteiger partial charge in [0.1, 0.15) is 18.0 Å². The number of amides is 1. The van der Waals surface area contributed by atoms with Gasteiger partial charge >= 0.3 is 0 Å². The Hall–Kier alpha value is -2.74. The number of likely N-dealkylation sites (N-methyl/N-ethyl adjacent to an activating group) is 1. The van der Waals surface area contributed by atoms with E-state index < -0.39 is 5.82 Å². The number of carbonyl (C=O) groups is 1. The number of benzene rings is 1. The van der Waals surface area contributed by atoms with Crippen molar-refractivity contribution in [1.29, 1.82) is 0 Å². The fraction of sp³-hybridized carbons (Fsp3) is 0.409. The van der Waals surface area contributed by atoms with E-state index in [4.69, 9.17) is 4.74 Å². The maximum absolute atomic E-state index is 13.6. The van der Waals surface area contributed by atoms with Gasteiger partial charge in [-0.15, -0.1) is 11.3 Å². The number of nitrogens with zero attached hydrogens (tertiary/aromatic N) is 3. The van der Waals surface area contributed by atoms with Crippen molar-refractivity contribution >= 4 is 27.5 Å². The summed E-state index contributed by atoms with van der Waals surface area (Å²) in [4.78, 5) is 33.6. The van der Waals surface area contributed by atoms with Crippen LogP contribution in [0.25, 0.3) is 10.2 Å². The van der Waals surface area contributed by atoms with Crippen molar-refractivity contribution in [3.05, 3.63) is 57.2 Å². The number of thiophene rings is 1. The molecule has 1 amide bonds. The van der Waals surface area contributed by atoms with Crippen LogP contribution in [0.4, 0.5) is 4.39 Å². The number of hydrogen-bond acceptors (Lipinski definition) is 5. The molecule has 0 fully saturated rings. The topological polar surface area (TPSA) is 64.4 Å². The number of rotatable bonds is 6. The van der Waals surface area contributed by atoms with E-state index in [0.29, 0.717) is 5.39 Å². The Morgan fingerprint density at radius 3 is 2.90 bits per heavy atom. The number of aryl methyl sites for hydroxylation is 2. The summed E-state index contributed by atoms with van der Waals surface area (Å²) in [6.07, 6.45) is 6.76. The van der Waals surface area contributed by atoms with Crippen molar-refractivity contribution in [1.82, 2.24) is 14.5 Å². The third kappa shape index (κ3) is 4.23. The van der Waals surface area contributed by atoms with Crippen molar-refractivity contribution < 1.29 is 13.9 Å². The molecule has 2 heterocycles. The van der Waals surface area contributed by atoms with E-state index in [1.807, 2.05) is 0 Å². The number of aromatic nitrogens is 2. The molecular formula is C22H24FN3O3S. The van der Waals surface area contributed by atoms with E-state index in [1.165, 1.54) is 33.2 Å². The SMILES string of the molecule is CN(CCOc1ccccc1F)C(=O)Cn1cnc2sc3c(c2c1=O)CCCCC3. The zero-order valence-corrected chi connectivity index (χ0v) is 17.7. The van der Waals surface area contributed by atoms with Gasteiger partial charge in [0.15, 0.2) is 11.6 Å². The van der Waals surface area contributed by atoms with Crippen molar-refractivity contribution in [2.24, 2.45) is 0 Å². The molecule has 0 aliphatic heterocycles. The summed E-state index contributed by atoms with van der Waals surface area (Å²) in [7, 11) is 1.64. The van der Waals surface area contributed by atoms with Crippen LogP contribution < -0.4 is 10.3 Å². The Labute approximate surface area is 177 Å². The van der Waals surface area contributed by atoms with E-state index in [0.717, 1.165) is 36.1 Å². The van der Waals surface area contributed by atoms with Gasteiger partial charge in [-0.1, -0.05) is 18.6 Å². The first-order chi connectivity index (χ1) is 14.5. The lowest BCUT2D eigenvalue weighted by molar-refractivity contribution is -0.130. The summed E-state index contributed by atoms with van der Waals surface area (Å²) < 4.78 is 20.4. The molecule has 0 N–H and O–H groups in total. The molecule has 0 atom stereocenters. The van der Waals surface area contributed by atoms with Crippen LogP contribution in [0.1, 0.15) is 29.7 Å². The second-order valence-electron chi connectivity index (χ2n) is 7.52. The smallest absolute Gasteiger partial charge is 0.262 e. The van der Waals surface area contributed by atoms with E-state index in [2.05, 4.69) is 4.98 Å². The fourth-order valence-corrected chi connectivity index (χ4v) is 4.94. The minimum absolute atomic E-state index is 0.0808. The predicted octanol–water partition coefficient (Wildman–Crippen LogP) is 3.40. The molecule has 1 aromatic carbocycles. The molecule has 0 bridgehead atoms. The van der Waals surface area contributed by atoms with Gasteiger partial charge in [-0.05, 0) is 43.4 Å².